The van der Waals surface area contributed by atoms with E-state index < -0.39 is 17.7 Å². The molecule has 1 atom stereocenters. The lowest BCUT2D eigenvalue weighted by molar-refractivity contribution is -0.140. The number of hydrogen-bond donors (Lipinski definition) is 1. The van der Waals surface area contributed by atoms with E-state index in [4.69, 9.17) is 16.3 Å². The van der Waals surface area contributed by atoms with E-state index in [1.54, 1.807) is 31.4 Å². The summed E-state index contributed by atoms with van der Waals surface area (Å²) in [4.78, 5) is 27.6. The Morgan fingerprint density at radius 2 is 1.74 bits per heavy atom. The second-order valence-corrected chi connectivity index (χ2v) is 7.64. The molecule has 1 saturated heterocycles. The van der Waals surface area contributed by atoms with Gasteiger partial charge in [-0.2, -0.15) is 0 Å². The summed E-state index contributed by atoms with van der Waals surface area (Å²) in [6, 6.07) is 22.4. The van der Waals surface area contributed by atoms with Crippen molar-refractivity contribution in [3.05, 3.63) is 106 Å². The molecule has 5 nitrogen and oxygen atoms in total. The largest absolute Gasteiger partial charge is 0.507 e. The predicted molar refractivity (Wildman–Crippen MR) is 119 cm³/mol. The van der Waals surface area contributed by atoms with E-state index in [0.29, 0.717) is 16.3 Å². The van der Waals surface area contributed by atoms with Crippen molar-refractivity contribution in [3.8, 4) is 5.75 Å². The number of nitrogens with zero attached hydrogens (tertiary/aromatic N) is 1. The average molecular weight is 434 g/mol. The Bertz CT molecular complexity index is 1170. The van der Waals surface area contributed by atoms with Crippen LogP contribution in [0.15, 0.2) is 84.4 Å². The number of ether oxygens (including phenoxy) is 1. The SMILES string of the molecule is COc1cccc(CN2C(=O)C(=O)/C(=C(\O)c3cccc(Cl)c3)C2c2ccccc2)c1. The third kappa shape index (κ3) is 4.05. The van der Waals surface area contributed by atoms with Gasteiger partial charge in [0.25, 0.3) is 11.7 Å². The zero-order chi connectivity index (χ0) is 22.0. The van der Waals surface area contributed by atoms with Crippen molar-refractivity contribution in [2.24, 2.45) is 0 Å². The normalized spacial score (nSPS) is 17.7. The lowest BCUT2D eigenvalue weighted by Crippen LogP contribution is -2.29. The average Bonchev–Trinajstić information content (AvgIpc) is 3.04. The summed E-state index contributed by atoms with van der Waals surface area (Å²) >= 11 is 6.07. The molecule has 3 aromatic rings. The molecular formula is C25H20ClNO4. The van der Waals surface area contributed by atoms with Crippen LogP contribution in [0.3, 0.4) is 0 Å². The van der Waals surface area contributed by atoms with Crippen LogP contribution in [-0.2, 0) is 16.1 Å². The van der Waals surface area contributed by atoms with Crippen LogP contribution in [0.2, 0.25) is 5.02 Å². The van der Waals surface area contributed by atoms with Crippen LogP contribution in [0.25, 0.3) is 5.76 Å². The van der Waals surface area contributed by atoms with Crippen molar-refractivity contribution in [1.82, 2.24) is 4.90 Å². The first kappa shape index (κ1) is 20.7. The Morgan fingerprint density at radius 3 is 2.45 bits per heavy atom. The van der Waals surface area contributed by atoms with Gasteiger partial charge in [-0.1, -0.05) is 66.2 Å². The molecule has 1 N–H and O–H groups in total. The molecule has 0 aliphatic carbocycles. The summed E-state index contributed by atoms with van der Waals surface area (Å²) in [6.07, 6.45) is 0. The number of aliphatic hydroxyl groups excluding tert-OH is 1. The molecule has 4 rings (SSSR count). The van der Waals surface area contributed by atoms with Crippen molar-refractivity contribution >= 4 is 29.1 Å². The third-order valence-electron chi connectivity index (χ3n) is 5.24. The summed E-state index contributed by atoms with van der Waals surface area (Å²) < 4.78 is 5.27. The molecule has 1 fully saturated rings. The van der Waals surface area contributed by atoms with Gasteiger partial charge in [-0.3, -0.25) is 9.59 Å². The summed E-state index contributed by atoms with van der Waals surface area (Å²) in [5.41, 5.74) is 1.97. The van der Waals surface area contributed by atoms with Crippen molar-refractivity contribution in [3.63, 3.8) is 0 Å². The summed E-state index contributed by atoms with van der Waals surface area (Å²) in [6.45, 7) is 0.188. The minimum absolute atomic E-state index is 0.0429. The number of Topliss-reactive ketones (excluding diaryl/α,β-unsaturated/α-hetero) is 1. The quantitative estimate of drug-likeness (QED) is 0.350. The lowest BCUT2D eigenvalue weighted by atomic mass is 9.95. The van der Waals surface area contributed by atoms with Crippen molar-refractivity contribution < 1.29 is 19.4 Å². The molecule has 1 heterocycles. The van der Waals surface area contributed by atoms with Gasteiger partial charge in [-0.25, -0.2) is 0 Å². The van der Waals surface area contributed by atoms with Crippen LogP contribution in [0.5, 0.6) is 5.75 Å². The number of rotatable bonds is 5. The minimum Gasteiger partial charge on any atom is -0.507 e. The van der Waals surface area contributed by atoms with E-state index in [1.165, 1.54) is 4.90 Å². The second-order valence-electron chi connectivity index (χ2n) is 7.20. The first-order chi connectivity index (χ1) is 15.0. The van der Waals surface area contributed by atoms with Crippen molar-refractivity contribution in [1.29, 1.82) is 0 Å². The highest BCUT2D eigenvalue weighted by atomic mass is 35.5. The zero-order valence-electron chi connectivity index (χ0n) is 16.8. The summed E-state index contributed by atoms with van der Waals surface area (Å²) in [5.74, 6) is -0.985. The third-order valence-corrected chi connectivity index (χ3v) is 5.48. The first-order valence-electron chi connectivity index (χ1n) is 9.72. The van der Waals surface area contributed by atoms with Crippen molar-refractivity contribution in [2.75, 3.05) is 7.11 Å². The number of carbonyl (C=O) groups is 2. The Morgan fingerprint density at radius 1 is 1.00 bits per heavy atom. The maximum absolute atomic E-state index is 13.0. The molecule has 1 aliphatic rings. The molecule has 0 bridgehead atoms. The van der Waals surface area contributed by atoms with Gasteiger partial charge in [-0.05, 0) is 35.4 Å². The van der Waals surface area contributed by atoms with Gasteiger partial charge in [0.15, 0.2) is 0 Å². The highest BCUT2D eigenvalue weighted by Gasteiger charge is 2.46. The van der Waals surface area contributed by atoms with E-state index in [9.17, 15) is 14.7 Å². The lowest BCUT2D eigenvalue weighted by Gasteiger charge is -2.25. The van der Waals surface area contributed by atoms with Crippen LogP contribution in [0, 0.1) is 0 Å². The van der Waals surface area contributed by atoms with Crippen LogP contribution < -0.4 is 4.74 Å². The maximum atomic E-state index is 13.0. The molecule has 31 heavy (non-hydrogen) atoms. The van der Waals surface area contributed by atoms with E-state index in [1.807, 2.05) is 54.6 Å². The van der Waals surface area contributed by atoms with Gasteiger partial charge < -0.3 is 14.7 Å². The molecule has 1 aliphatic heterocycles. The number of halogens is 1. The van der Waals surface area contributed by atoms with Crippen LogP contribution in [-0.4, -0.2) is 28.8 Å². The monoisotopic (exact) mass is 433 g/mol. The number of carbonyl (C=O) groups excluding carboxylic acids is 2. The Labute approximate surface area is 185 Å². The van der Waals surface area contributed by atoms with Gasteiger partial charge in [0.05, 0.1) is 18.7 Å². The van der Waals surface area contributed by atoms with E-state index in [-0.39, 0.29) is 17.9 Å². The van der Waals surface area contributed by atoms with E-state index >= 15 is 0 Å². The molecule has 6 heteroatoms. The highest BCUT2D eigenvalue weighted by molar-refractivity contribution is 6.46. The number of methoxy groups -OCH3 is 1. The Kier molecular flexibility index (Phi) is 5.78. The molecular weight excluding hydrogens is 414 g/mol. The Hall–Kier alpha value is -3.57. The number of hydrogen-bond acceptors (Lipinski definition) is 4. The highest BCUT2D eigenvalue weighted by Crippen LogP contribution is 2.40. The molecule has 0 aromatic heterocycles. The summed E-state index contributed by atoms with van der Waals surface area (Å²) in [7, 11) is 1.57. The molecule has 1 unspecified atom stereocenters. The fraction of sp³-hybridized carbons (Fsp3) is 0.120. The van der Waals surface area contributed by atoms with E-state index in [2.05, 4.69) is 0 Å². The summed E-state index contributed by atoms with van der Waals surface area (Å²) in [5, 5.41) is 11.5. The van der Waals surface area contributed by atoms with Gasteiger partial charge in [0.1, 0.15) is 11.5 Å². The first-order valence-corrected chi connectivity index (χ1v) is 10.1. The number of ketones is 1. The van der Waals surface area contributed by atoms with Gasteiger partial charge in [0.2, 0.25) is 0 Å². The number of likely N-dealkylation sites (tertiary alicyclic amines) is 1. The molecule has 0 radical (unpaired) electrons. The molecule has 3 aromatic carbocycles. The predicted octanol–water partition coefficient (Wildman–Crippen LogP) is 4.97. The minimum atomic E-state index is -0.730. The van der Waals surface area contributed by atoms with Crippen LogP contribution in [0.4, 0.5) is 0 Å². The standard InChI is InChI=1S/C25H20ClNO4/c1-31-20-12-5-7-16(13-20)15-27-22(17-8-3-2-4-9-17)21(24(29)25(27)30)23(28)18-10-6-11-19(26)14-18/h2-14,22,28H,15H2,1H3/b23-21-. The zero-order valence-corrected chi connectivity index (χ0v) is 17.5. The molecule has 1 amide bonds. The van der Waals surface area contributed by atoms with Gasteiger partial charge >= 0.3 is 0 Å². The van der Waals surface area contributed by atoms with Gasteiger partial charge in [0, 0.05) is 17.1 Å². The molecule has 0 saturated carbocycles. The van der Waals surface area contributed by atoms with Gasteiger partial charge in [-0.15, -0.1) is 0 Å². The fourth-order valence-corrected chi connectivity index (χ4v) is 3.97. The number of aliphatic hydroxyl groups is 1. The van der Waals surface area contributed by atoms with Crippen LogP contribution >= 0.6 is 11.6 Å². The number of amides is 1. The topological polar surface area (TPSA) is 66.8 Å². The van der Waals surface area contributed by atoms with Crippen molar-refractivity contribution in [2.45, 2.75) is 12.6 Å². The molecule has 156 valence electrons. The van der Waals surface area contributed by atoms with Crippen LogP contribution in [0.1, 0.15) is 22.7 Å². The number of benzene rings is 3. The smallest absolute Gasteiger partial charge is 0.295 e. The maximum Gasteiger partial charge on any atom is 0.295 e. The second kappa shape index (κ2) is 8.66. The van der Waals surface area contributed by atoms with E-state index in [0.717, 1.165) is 11.1 Å². The Balaban J connectivity index is 1.84. The molecule has 0 spiro atoms. The fourth-order valence-electron chi connectivity index (χ4n) is 3.78.